The number of carbonyl (C=O) groups excluding carboxylic acids is 1. The molecule has 0 aromatic heterocycles. The van der Waals surface area contributed by atoms with Crippen molar-refractivity contribution in [2.75, 3.05) is 7.11 Å². The summed E-state index contributed by atoms with van der Waals surface area (Å²) in [6.45, 7) is 1.68. The first-order valence-electron chi connectivity index (χ1n) is 6.24. The molecule has 0 heterocycles. The zero-order valence-electron chi connectivity index (χ0n) is 12.0. The molecular formula is C13H15NO7S. The van der Waals surface area contributed by atoms with Crippen molar-refractivity contribution in [3.05, 3.63) is 46.5 Å². The molecule has 0 aliphatic rings. The van der Waals surface area contributed by atoms with Crippen molar-refractivity contribution in [3.63, 3.8) is 0 Å². The Kier molecular flexibility index (Phi) is 6.20. The summed E-state index contributed by atoms with van der Waals surface area (Å²) in [6, 6.07) is 4.32. The molecule has 0 N–H and O–H groups in total. The lowest BCUT2D eigenvalue weighted by molar-refractivity contribution is -0.384. The van der Waals surface area contributed by atoms with Gasteiger partial charge in [-0.25, -0.2) is 4.79 Å². The van der Waals surface area contributed by atoms with E-state index in [9.17, 15) is 23.3 Å². The van der Waals surface area contributed by atoms with Gasteiger partial charge < -0.3 is 4.74 Å². The van der Waals surface area contributed by atoms with E-state index in [1.807, 2.05) is 0 Å². The van der Waals surface area contributed by atoms with Crippen molar-refractivity contribution in [1.82, 2.24) is 0 Å². The number of hydrogen-bond donors (Lipinski definition) is 0. The Hall–Kier alpha value is -2.26. The largest absolute Gasteiger partial charge is 0.466 e. The van der Waals surface area contributed by atoms with Gasteiger partial charge in [0.15, 0.2) is 0 Å². The van der Waals surface area contributed by atoms with Crippen molar-refractivity contribution in [2.45, 2.75) is 24.3 Å². The minimum atomic E-state index is -4.09. The average molecular weight is 329 g/mol. The molecule has 0 bridgehead atoms. The van der Waals surface area contributed by atoms with Gasteiger partial charge in [-0.3, -0.25) is 14.3 Å². The summed E-state index contributed by atoms with van der Waals surface area (Å²) in [4.78, 5) is 20.7. The lowest BCUT2D eigenvalue weighted by atomic mass is 10.2. The van der Waals surface area contributed by atoms with Crippen molar-refractivity contribution in [2.24, 2.45) is 0 Å². The topological polar surface area (TPSA) is 113 Å². The second-order valence-corrected chi connectivity index (χ2v) is 5.70. The van der Waals surface area contributed by atoms with E-state index >= 15 is 0 Å². The number of hydrogen-bond acceptors (Lipinski definition) is 7. The third kappa shape index (κ3) is 4.93. The highest BCUT2D eigenvalue weighted by Gasteiger charge is 2.20. The molecule has 0 amide bonds. The second kappa shape index (κ2) is 7.66. The van der Waals surface area contributed by atoms with Crippen molar-refractivity contribution >= 4 is 21.8 Å². The normalized spacial score (nSPS) is 13.0. The first kappa shape index (κ1) is 17.8. The number of ether oxygens (including phenoxy) is 1. The maximum atomic E-state index is 12.1. The van der Waals surface area contributed by atoms with Gasteiger partial charge in [-0.2, -0.15) is 8.42 Å². The van der Waals surface area contributed by atoms with Crippen LogP contribution in [0.25, 0.3) is 0 Å². The fraction of sp³-hybridized carbons (Fsp3) is 0.308. The van der Waals surface area contributed by atoms with E-state index in [1.165, 1.54) is 13.2 Å². The Bertz CT molecular complexity index is 664. The molecule has 22 heavy (non-hydrogen) atoms. The fourth-order valence-electron chi connectivity index (χ4n) is 1.44. The van der Waals surface area contributed by atoms with E-state index in [0.717, 1.165) is 30.3 Å². The summed E-state index contributed by atoms with van der Waals surface area (Å²) in [5.41, 5.74) is -0.225. The highest BCUT2D eigenvalue weighted by atomic mass is 32.2. The molecular weight excluding hydrogens is 314 g/mol. The van der Waals surface area contributed by atoms with Gasteiger partial charge >= 0.3 is 5.97 Å². The zero-order chi connectivity index (χ0) is 16.8. The first-order chi connectivity index (χ1) is 10.3. The van der Waals surface area contributed by atoms with Gasteiger partial charge in [-0.1, -0.05) is 6.92 Å². The van der Waals surface area contributed by atoms with Crippen LogP contribution in [0.2, 0.25) is 0 Å². The molecule has 1 aromatic carbocycles. The third-order valence-electron chi connectivity index (χ3n) is 2.64. The molecule has 9 heteroatoms. The van der Waals surface area contributed by atoms with E-state index in [2.05, 4.69) is 4.74 Å². The van der Waals surface area contributed by atoms with Gasteiger partial charge in [0.05, 0.1) is 23.0 Å². The van der Waals surface area contributed by atoms with Crippen LogP contribution in [0.1, 0.15) is 13.3 Å². The average Bonchev–Trinajstić information content (AvgIpc) is 2.50. The molecule has 1 rings (SSSR count). The van der Waals surface area contributed by atoms with Crippen LogP contribution in [-0.4, -0.2) is 32.5 Å². The van der Waals surface area contributed by atoms with Gasteiger partial charge in [-0.05, 0) is 24.6 Å². The monoisotopic (exact) mass is 329 g/mol. The number of esters is 1. The van der Waals surface area contributed by atoms with E-state index < -0.39 is 27.1 Å². The Labute approximate surface area is 127 Å². The van der Waals surface area contributed by atoms with Crippen LogP contribution in [0.3, 0.4) is 0 Å². The second-order valence-electron chi connectivity index (χ2n) is 4.13. The van der Waals surface area contributed by atoms with Gasteiger partial charge in [0, 0.05) is 18.2 Å². The molecule has 0 fully saturated rings. The molecule has 0 aliphatic carbocycles. The molecule has 0 aliphatic heterocycles. The Balaban J connectivity index is 2.91. The van der Waals surface area contributed by atoms with E-state index in [1.54, 1.807) is 6.92 Å². The number of nitro benzene ring substituents is 1. The summed E-state index contributed by atoms with van der Waals surface area (Å²) >= 11 is 0. The molecule has 8 nitrogen and oxygen atoms in total. The van der Waals surface area contributed by atoms with Gasteiger partial charge in [0.25, 0.3) is 15.8 Å². The smallest absolute Gasteiger partial charge is 0.330 e. The van der Waals surface area contributed by atoms with Crippen LogP contribution >= 0.6 is 0 Å². The maximum Gasteiger partial charge on any atom is 0.330 e. The van der Waals surface area contributed by atoms with Crippen LogP contribution in [0.5, 0.6) is 0 Å². The van der Waals surface area contributed by atoms with Crippen molar-refractivity contribution < 1.29 is 27.1 Å². The molecule has 1 unspecified atom stereocenters. The molecule has 0 spiro atoms. The van der Waals surface area contributed by atoms with Gasteiger partial charge in [-0.15, -0.1) is 0 Å². The summed E-state index contributed by atoms with van der Waals surface area (Å²) in [5.74, 6) is -0.630. The van der Waals surface area contributed by atoms with Gasteiger partial charge in [0.1, 0.15) is 0 Å². The lowest BCUT2D eigenvalue weighted by Crippen LogP contribution is -2.16. The minimum Gasteiger partial charge on any atom is -0.466 e. The number of non-ortho nitro benzene ring substituents is 1. The quantitative estimate of drug-likeness (QED) is 0.246. The lowest BCUT2D eigenvalue weighted by Gasteiger charge is -2.11. The Morgan fingerprint density at radius 2 is 1.95 bits per heavy atom. The number of nitrogens with zero attached hydrogens (tertiary/aromatic N) is 1. The van der Waals surface area contributed by atoms with Crippen molar-refractivity contribution in [3.8, 4) is 0 Å². The van der Waals surface area contributed by atoms with E-state index in [4.69, 9.17) is 4.18 Å². The molecule has 1 atom stereocenters. The standard InChI is InChI=1S/C13H15NO7S/c1-3-11(6-9-13(15)20-2)21-22(18,19)12-7-4-10(5-8-12)14(16)17/h4-9,11H,3H2,1-2H3/b9-6+. The fourth-order valence-corrected chi connectivity index (χ4v) is 2.55. The number of nitro groups is 1. The highest BCUT2D eigenvalue weighted by Crippen LogP contribution is 2.19. The summed E-state index contributed by atoms with van der Waals surface area (Å²) in [7, 11) is -2.90. The third-order valence-corrected chi connectivity index (χ3v) is 3.99. The number of carbonyl (C=O) groups is 1. The predicted octanol–water partition coefficient (Wildman–Crippen LogP) is 1.81. The first-order valence-corrected chi connectivity index (χ1v) is 7.65. The molecule has 0 saturated heterocycles. The number of rotatable bonds is 7. The summed E-state index contributed by atoms with van der Waals surface area (Å²) in [5, 5.41) is 10.5. The molecule has 1 aromatic rings. The minimum absolute atomic E-state index is 0.206. The number of benzene rings is 1. The van der Waals surface area contributed by atoms with Crippen LogP contribution in [0, 0.1) is 10.1 Å². The van der Waals surface area contributed by atoms with Gasteiger partial charge in [0.2, 0.25) is 0 Å². The summed E-state index contributed by atoms with van der Waals surface area (Å²) in [6.07, 6.45) is 1.80. The molecule has 120 valence electrons. The van der Waals surface area contributed by atoms with Crippen LogP contribution < -0.4 is 0 Å². The molecule has 0 radical (unpaired) electrons. The number of methoxy groups -OCH3 is 1. The van der Waals surface area contributed by atoms with Crippen LogP contribution in [0.15, 0.2) is 41.3 Å². The zero-order valence-corrected chi connectivity index (χ0v) is 12.8. The van der Waals surface area contributed by atoms with E-state index in [0.29, 0.717) is 6.42 Å². The molecule has 0 saturated carbocycles. The van der Waals surface area contributed by atoms with Crippen LogP contribution in [-0.2, 0) is 23.8 Å². The van der Waals surface area contributed by atoms with Crippen LogP contribution in [0.4, 0.5) is 5.69 Å². The van der Waals surface area contributed by atoms with Crippen molar-refractivity contribution in [1.29, 1.82) is 0 Å². The maximum absolute atomic E-state index is 12.1. The Morgan fingerprint density at radius 1 is 1.36 bits per heavy atom. The summed E-state index contributed by atoms with van der Waals surface area (Å²) < 4.78 is 33.5. The highest BCUT2D eigenvalue weighted by molar-refractivity contribution is 7.86. The Morgan fingerprint density at radius 3 is 2.41 bits per heavy atom. The predicted molar refractivity (Wildman–Crippen MR) is 76.6 cm³/mol. The van der Waals surface area contributed by atoms with E-state index in [-0.39, 0.29) is 10.6 Å². The SMILES string of the molecule is CCC(/C=C/C(=O)OC)OS(=O)(=O)c1ccc([N+](=O)[O-])cc1.